The Labute approximate surface area is 134 Å². The molecule has 118 valence electrons. The van der Waals surface area contributed by atoms with Crippen molar-refractivity contribution in [3.8, 4) is 0 Å². The van der Waals surface area contributed by atoms with Crippen molar-refractivity contribution in [3.63, 3.8) is 0 Å². The first kappa shape index (κ1) is 15.3. The molecule has 0 unspecified atom stereocenters. The highest BCUT2D eigenvalue weighted by molar-refractivity contribution is 7.99. The molecule has 6 heteroatoms. The normalized spacial score (nSPS) is 25.3. The van der Waals surface area contributed by atoms with Crippen LogP contribution in [-0.2, 0) is 4.79 Å². The van der Waals surface area contributed by atoms with Gasteiger partial charge in [0.15, 0.2) is 10.8 Å². The lowest BCUT2D eigenvalue weighted by molar-refractivity contribution is -0.120. The van der Waals surface area contributed by atoms with Crippen molar-refractivity contribution >= 4 is 23.3 Å². The van der Waals surface area contributed by atoms with Crippen molar-refractivity contribution in [2.45, 2.75) is 44.3 Å². The van der Waals surface area contributed by atoms with Crippen molar-refractivity contribution < 1.29 is 4.79 Å². The lowest BCUT2D eigenvalue weighted by Crippen LogP contribution is -2.44. The van der Waals surface area contributed by atoms with Crippen molar-refractivity contribution in [1.82, 2.24) is 19.9 Å². The van der Waals surface area contributed by atoms with Gasteiger partial charge in [-0.05, 0) is 30.4 Å². The smallest absolute Gasteiger partial charge is 0.230 e. The van der Waals surface area contributed by atoms with Gasteiger partial charge in [-0.1, -0.05) is 44.5 Å². The molecule has 2 heterocycles. The highest BCUT2D eigenvalue weighted by atomic mass is 32.2. The quantitative estimate of drug-likeness (QED) is 0.881. The van der Waals surface area contributed by atoms with Gasteiger partial charge in [0.05, 0.1) is 5.75 Å². The van der Waals surface area contributed by atoms with Gasteiger partial charge in [-0.15, -0.1) is 10.2 Å². The van der Waals surface area contributed by atoms with E-state index in [1.54, 1.807) is 0 Å². The van der Waals surface area contributed by atoms with E-state index in [9.17, 15) is 4.79 Å². The van der Waals surface area contributed by atoms with Gasteiger partial charge < -0.3 is 5.32 Å². The minimum atomic E-state index is 0.0867. The summed E-state index contributed by atoms with van der Waals surface area (Å²) in [4.78, 5) is 12.2. The van der Waals surface area contributed by atoms with E-state index in [1.807, 2.05) is 28.8 Å². The topological polar surface area (TPSA) is 59.3 Å². The molecular weight excluding hydrogens is 296 g/mol. The number of aromatic nitrogens is 3. The standard InChI is InChI=1S/C16H22N4OS/c1-11-6-5-7-13(12(11)2)17-15(21)10-22-16-19-18-14-8-3-4-9-20(14)16/h3-4,8-9,11-13H,5-7,10H2,1-2H3,(H,17,21)/t11-,12+,13-/m0/s1. The average Bonchev–Trinajstić information content (AvgIpc) is 2.93. The molecule has 1 saturated carbocycles. The Kier molecular flexibility index (Phi) is 4.66. The first-order chi connectivity index (χ1) is 10.6. The van der Waals surface area contributed by atoms with Crippen LogP contribution in [-0.4, -0.2) is 32.3 Å². The molecule has 5 nitrogen and oxygen atoms in total. The minimum absolute atomic E-state index is 0.0867. The zero-order chi connectivity index (χ0) is 15.5. The molecule has 0 saturated heterocycles. The fourth-order valence-corrected chi connectivity index (χ4v) is 3.82. The van der Waals surface area contributed by atoms with E-state index in [0.717, 1.165) is 17.2 Å². The predicted molar refractivity (Wildman–Crippen MR) is 87.8 cm³/mol. The van der Waals surface area contributed by atoms with Gasteiger partial charge in [-0.2, -0.15) is 0 Å². The maximum Gasteiger partial charge on any atom is 0.230 e. The zero-order valence-electron chi connectivity index (χ0n) is 13.0. The molecule has 1 N–H and O–H groups in total. The summed E-state index contributed by atoms with van der Waals surface area (Å²) in [7, 11) is 0. The summed E-state index contributed by atoms with van der Waals surface area (Å²) in [6.07, 6.45) is 5.49. The number of pyridine rings is 1. The molecule has 0 aliphatic heterocycles. The fraction of sp³-hybridized carbons (Fsp3) is 0.562. The maximum absolute atomic E-state index is 12.2. The van der Waals surface area contributed by atoms with Crippen LogP contribution in [0.25, 0.3) is 5.65 Å². The number of hydrogen-bond donors (Lipinski definition) is 1. The van der Waals surface area contributed by atoms with E-state index in [0.29, 0.717) is 23.6 Å². The Hall–Kier alpha value is -1.56. The first-order valence-corrected chi connectivity index (χ1v) is 8.85. The van der Waals surface area contributed by atoms with Gasteiger partial charge in [0.25, 0.3) is 0 Å². The molecule has 2 aromatic rings. The number of hydrogen-bond acceptors (Lipinski definition) is 4. The molecular formula is C16H22N4OS. The van der Waals surface area contributed by atoms with E-state index >= 15 is 0 Å². The molecule has 1 fully saturated rings. The molecule has 1 aliphatic carbocycles. The zero-order valence-corrected chi connectivity index (χ0v) is 13.8. The first-order valence-electron chi connectivity index (χ1n) is 7.87. The second kappa shape index (κ2) is 6.69. The monoisotopic (exact) mass is 318 g/mol. The van der Waals surface area contributed by atoms with E-state index in [1.165, 1.54) is 24.6 Å². The van der Waals surface area contributed by atoms with Gasteiger partial charge in [0.2, 0.25) is 5.91 Å². The number of fused-ring (bicyclic) bond motifs is 1. The summed E-state index contributed by atoms with van der Waals surface area (Å²) in [6, 6.07) is 6.08. The van der Waals surface area contributed by atoms with Crippen LogP contribution in [0.5, 0.6) is 0 Å². The van der Waals surface area contributed by atoms with E-state index < -0.39 is 0 Å². The molecule has 22 heavy (non-hydrogen) atoms. The molecule has 3 atom stereocenters. The lowest BCUT2D eigenvalue weighted by atomic mass is 9.78. The summed E-state index contributed by atoms with van der Waals surface area (Å²) in [5.41, 5.74) is 0.806. The third-order valence-corrected chi connectivity index (χ3v) is 5.61. The fourth-order valence-electron chi connectivity index (χ4n) is 3.08. The van der Waals surface area contributed by atoms with Crippen LogP contribution in [0.1, 0.15) is 33.1 Å². The van der Waals surface area contributed by atoms with E-state index in [-0.39, 0.29) is 5.91 Å². The third kappa shape index (κ3) is 3.27. The van der Waals surface area contributed by atoms with Crippen molar-refractivity contribution in [2.75, 3.05) is 5.75 Å². The Bertz CT molecular complexity index is 656. The highest BCUT2D eigenvalue weighted by Gasteiger charge is 2.28. The van der Waals surface area contributed by atoms with E-state index in [4.69, 9.17) is 0 Å². The lowest BCUT2D eigenvalue weighted by Gasteiger charge is -2.34. The van der Waals surface area contributed by atoms with E-state index in [2.05, 4.69) is 29.4 Å². The Morgan fingerprint density at radius 2 is 2.23 bits per heavy atom. The summed E-state index contributed by atoms with van der Waals surface area (Å²) in [5, 5.41) is 12.2. The summed E-state index contributed by atoms with van der Waals surface area (Å²) >= 11 is 1.43. The number of amides is 1. The van der Waals surface area contributed by atoms with Gasteiger partial charge >= 0.3 is 0 Å². The van der Waals surface area contributed by atoms with Crippen LogP contribution >= 0.6 is 11.8 Å². The summed E-state index contributed by atoms with van der Waals surface area (Å²) < 4.78 is 1.91. The molecule has 0 aromatic carbocycles. The number of thioether (sulfide) groups is 1. The van der Waals surface area contributed by atoms with Gasteiger partial charge in [-0.3, -0.25) is 9.20 Å². The second-order valence-electron chi connectivity index (χ2n) is 6.14. The van der Waals surface area contributed by atoms with Crippen LogP contribution in [0.3, 0.4) is 0 Å². The second-order valence-corrected chi connectivity index (χ2v) is 7.08. The van der Waals surface area contributed by atoms with Crippen LogP contribution in [0, 0.1) is 11.8 Å². The molecule has 0 spiro atoms. The highest BCUT2D eigenvalue weighted by Crippen LogP contribution is 2.29. The van der Waals surface area contributed by atoms with Crippen molar-refractivity contribution in [3.05, 3.63) is 24.4 Å². The number of nitrogens with zero attached hydrogens (tertiary/aromatic N) is 3. The average molecular weight is 318 g/mol. The van der Waals surface area contributed by atoms with Crippen LogP contribution in [0.15, 0.2) is 29.6 Å². The Morgan fingerprint density at radius 3 is 3.09 bits per heavy atom. The molecule has 0 bridgehead atoms. The van der Waals surface area contributed by atoms with Gasteiger partial charge in [-0.25, -0.2) is 0 Å². The van der Waals surface area contributed by atoms with Gasteiger partial charge in [0, 0.05) is 12.2 Å². The van der Waals surface area contributed by atoms with Crippen LogP contribution < -0.4 is 5.32 Å². The minimum Gasteiger partial charge on any atom is -0.352 e. The molecule has 1 amide bonds. The van der Waals surface area contributed by atoms with Crippen LogP contribution in [0.2, 0.25) is 0 Å². The summed E-state index contributed by atoms with van der Waals surface area (Å²) in [5.74, 6) is 1.71. The molecule has 3 rings (SSSR count). The number of carbonyl (C=O) groups excluding carboxylic acids is 1. The number of rotatable bonds is 4. The molecule has 2 aromatic heterocycles. The largest absolute Gasteiger partial charge is 0.352 e. The third-order valence-electron chi connectivity index (χ3n) is 4.67. The summed E-state index contributed by atoms with van der Waals surface area (Å²) in [6.45, 7) is 4.52. The molecule has 1 aliphatic rings. The number of nitrogens with one attached hydrogen (secondary N) is 1. The number of carbonyl (C=O) groups is 1. The van der Waals surface area contributed by atoms with Crippen molar-refractivity contribution in [2.24, 2.45) is 11.8 Å². The van der Waals surface area contributed by atoms with Crippen molar-refractivity contribution in [1.29, 1.82) is 0 Å². The Balaban J connectivity index is 1.56. The van der Waals surface area contributed by atoms with Crippen LogP contribution in [0.4, 0.5) is 0 Å². The Morgan fingerprint density at radius 1 is 1.36 bits per heavy atom. The molecule has 0 radical (unpaired) electrons. The SMILES string of the molecule is C[C@H]1[C@@H](NC(=O)CSc2nnc3ccccn23)CCC[C@@H]1C. The van der Waals surface area contributed by atoms with Gasteiger partial charge in [0.1, 0.15) is 0 Å². The maximum atomic E-state index is 12.2. The predicted octanol–water partition coefficient (Wildman–Crippen LogP) is 2.76.